The lowest BCUT2D eigenvalue weighted by Gasteiger charge is -2.21. The molecule has 2 aromatic heterocycles. The number of pyridine rings is 1. The normalized spacial score (nSPS) is 17.2. The van der Waals surface area contributed by atoms with E-state index in [9.17, 15) is 22.8 Å². The van der Waals surface area contributed by atoms with Gasteiger partial charge in [0, 0.05) is 19.0 Å². The van der Waals surface area contributed by atoms with E-state index in [0.29, 0.717) is 25.1 Å². The van der Waals surface area contributed by atoms with Crippen molar-refractivity contribution in [3.8, 4) is 0 Å². The molecule has 0 bridgehead atoms. The van der Waals surface area contributed by atoms with E-state index < -0.39 is 29.8 Å². The number of carboxylic acid groups (broad SMARTS) is 1. The van der Waals surface area contributed by atoms with Gasteiger partial charge in [-0.25, -0.2) is 18.8 Å². The van der Waals surface area contributed by atoms with Crippen LogP contribution in [0.5, 0.6) is 0 Å². The van der Waals surface area contributed by atoms with E-state index in [4.69, 9.17) is 5.11 Å². The smallest absolute Gasteiger partial charge is 0.450 e. The molecule has 8 nitrogen and oxygen atoms in total. The largest absolute Gasteiger partial charge is 0.507 e. The summed E-state index contributed by atoms with van der Waals surface area (Å²) in [6.07, 6.45) is -4.67. The van der Waals surface area contributed by atoms with Crippen LogP contribution in [0.15, 0.2) is 23.1 Å². The standard InChI is InChI=1S/C14H13F3N4O4/c15-14(16,17)8-4-5-18-9(6-8)7-20-12(22)21-10(19-20)2-1-3-11(21)25-13(23)24/h4-6,11H,1-3,7H2,(H,23,24)/t11-/m0/s1. The molecule has 0 aromatic carbocycles. The molecule has 0 fully saturated rings. The third-order valence-electron chi connectivity index (χ3n) is 3.77. The lowest BCUT2D eigenvalue weighted by molar-refractivity contribution is -0.137. The molecule has 1 aliphatic rings. The summed E-state index contributed by atoms with van der Waals surface area (Å²) in [4.78, 5) is 27.0. The van der Waals surface area contributed by atoms with Gasteiger partial charge in [0.1, 0.15) is 5.82 Å². The van der Waals surface area contributed by atoms with Crippen LogP contribution in [0.2, 0.25) is 0 Å². The number of ether oxygens (including phenoxy) is 1. The van der Waals surface area contributed by atoms with E-state index in [1.165, 1.54) is 0 Å². The Labute approximate surface area is 138 Å². The predicted octanol–water partition coefficient (Wildman–Crippen LogP) is 2.04. The molecule has 1 atom stereocenters. The molecular formula is C14H13F3N4O4. The lowest BCUT2D eigenvalue weighted by Crippen LogP contribution is -2.33. The summed E-state index contributed by atoms with van der Waals surface area (Å²) in [5.74, 6) is 0.328. The summed E-state index contributed by atoms with van der Waals surface area (Å²) in [7, 11) is 0. The van der Waals surface area contributed by atoms with Crippen molar-refractivity contribution in [3.05, 3.63) is 45.9 Å². The maximum atomic E-state index is 12.8. The molecular weight excluding hydrogens is 345 g/mol. The van der Waals surface area contributed by atoms with Crippen LogP contribution in [-0.2, 0) is 23.9 Å². The maximum absolute atomic E-state index is 12.8. The van der Waals surface area contributed by atoms with Crippen LogP contribution in [-0.4, -0.2) is 30.6 Å². The van der Waals surface area contributed by atoms with Crippen LogP contribution in [0.25, 0.3) is 0 Å². The number of nitrogens with zero attached hydrogens (tertiary/aromatic N) is 4. The number of halogens is 3. The van der Waals surface area contributed by atoms with Crippen molar-refractivity contribution in [3.63, 3.8) is 0 Å². The van der Waals surface area contributed by atoms with Gasteiger partial charge in [-0.2, -0.15) is 18.3 Å². The van der Waals surface area contributed by atoms with Crippen LogP contribution in [0, 0.1) is 0 Å². The maximum Gasteiger partial charge on any atom is 0.507 e. The molecule has 0 radical (unpaired) electrons. The molecule has 11 heteroatoms. The molecule has 0 amide bonds. The molecule has 1 N–H and O–H groups in total. The highest BCUT2D eigenvalue weighted by Gasteiger charge is 2.31. The molecule has 0 unspecified atom stereocenters. The Morgan fingerprint density at radius 1 is 1.44 bits per heavy atom. The number of hydrogen-bond donors (Lipinski definition) is 1. The molecule has 0 saturated heterocycles. The zero-order valence-corrected chi connectivity index (χ0v) is 12.7. The van der Waals surface area contributed by atoms with E-state index in [-0.39, 0.29) is 12.2 Å². The lowest BCUT2D eigenvalue weighted by atomic mass is 10.1. The minimum Gasteiger partial charge on any atom is -0.450 e. The summed E-state index contributed by atoms with van der Waals surface area (Å²) in [5, 5.41) is 12.8. The number of fused-ring (bicyclic) bond motifs is 1. The Morgan fingerprint density at radius 2 is 2.20 bits per heavy atom. The topological polar surface area (TPSA) is 99.2 Å². The fourth-order valence-electron chi connectivity index (χ4n) is 2.71. The van der Waals surface area contributed by atoms with Gasteiger partial charge in [0.15, 0.2) is 6.23 Å². The van der Waals surface area contributed by atoms with Crippen molar-refractivity contribution in [2.24, 2.45) is 0 Å². The van der Waals surface area contributed by atoms with Crippen LogP contribution >= 0.6 is 0 Å². The van der Waals surface area contributed by atoms with E-state index in [1.807, 2.05) is 0 Å². The molecule has 0 saturated carbocycles. The first-order valence-electron chi connectivity index (χ1n) is 7.35. The van der Waals surface area contributed by atoms with Gasteiger partial charge < -0.3 is 9.84 Å². The molecule has 25 heavy (non-hydrogen) atoms. The molecule has 1 aliphatic heterocycles. The predicted molar refractivity (Wildman–Crippen MR) is 75.9 cm³/mol. The van der Waals surface area contributed by atoms with Crippen molar-refractivity contribution in [2.75, 3.05) is 0 Å². The molecule has 134 valence electrons. The van der Waals surface area contributed by atoms with Crippen LogP contribution in [0.3, 0.4) is 0 Å². The summed E-state index contributed by atoms with van der Waals surface area (Å²) in [5.41, 5.74) is -1.51. The van der Waals surface area contributed by atoms with Gasteiger partial charge in [-0.05, 0) is 18.6 Å². The summed E-state index contributed by atoms with van der Waals surface area (Å²) in [6.45, 7) is -0.261. The summed E-state index contributed by atoms with van der Waals surface area (Å²) < 4.78 is 45.0. The van der Waals surface area contributed by atoms with Gasteiger partial charge in [-0.15, -0.1) is 0 Å². The number of aryl methyl sites for hydroxylation is 1. The average molecular weight is 358 g/mol. The summed E-state index contributed by atoms with van der Waals surface area (Å²) in [6, 6.07) is 1.68. The Kier molecular flexibility index (Phi) is 4.23. The van der Waals surface area contributed by atoms with Crippen LogP contribution in [0.1, 0.15) is 36.2 Å². The van der Waals surface area contributed by atoms with E-state index in [2.05, 4.69) is 14.8 Å². The number of aromatic nitrogens is 4. The third kappa shape index (κ3) is 3.49. The van der Waals surface area contributed by atoms with Crippen molar-refractivity contribution in [1.29, 1.82) is 0 Å². The second-order valence-corrected chi connectivity index (χ2v) is 5.49. The minimum absolute atomic E-state index is 0.0167. The molecule has 0 spiro atoms. The van der Waals surface area contributed by atoms with Crippen molar-refractivity contribution >= 4 is 6.16 Å². The van der Waals surface area contributed by atoms with E-state index >= 15 is 0 Å². The Morgan fingerprint density at radius 3 is 2.88 bits per heavy atom. The van der Waals surface area contributed by atoms with Crippen LogP contribution < -0.4 is 5.69 Å². The Hall–Kier alpha value is -2.85. The average Bonchev–Trinajstić information content (AvgIpc) is 2.83. The highest BCUT2D eigenvalue weighted by atomic mass is 19.4. The number of carbonyl (C=O) groups is 1. The third-order valence-corrected chi connectivity index (χ3v) is 3.77. The molecule has 3 heterocycles. The number of rotatable bonds is 3. The van der Waals surface area contributed by atoms with Crippen LogP contribution in [0.4, 0.5) is 18.0 Å². The molecule has 0 aliphatic carbocycles. The second-order valence-electron chi connectivity index (χ2n) is 5.49. The fraction of sp³-hybridized carbons (Fsp3) is 0.429. The van der Waals surface area contributed by atoms with Gasteiger partial charge in [0.05, 0.1) is 17.8 Å². The monoisotopic (exact) mass is 358 g/mol. The summed E-state index contributed by atoms with van der Waals surface area (Å²) >= 11 is 0. The quantitative estimate of drug-likeness (QED) is 0.843. The first-order valence-corrected chi connectivity index (χ1v) is 7.35. The van der Waals surface area contributed by atoms with Crippen molar-refractivity contribution < 1.29 is 27.8 Å². The van der Waals surface area contributed by atoms with E-state index in [0.717, 1.165) is 27.6 Å². The van der Waals surface area contributed by atoms with Crippen molar-refractivity contribution in [2.45, 2.75) is 38.2 Å². The highest BCUT2D eigenvalue weighted by Crippen LogP contribution is 2.29. The molecule has 3 rings (SSSR count). The zero-order chi connectivity index (χ0) is 18.2. The fourth-order valence-corrected chi connectivity index (χ4v) is 2.71. The van der Waals surface area contributed by atoms with Gasteiger partial charge >= 0.3 is 18.0 Å². The van der Waals surface area contributed by atoms with Gasteiger partial charge in [0.25, 0.3) is 0 Å². The van der Waals surface area contributed by atoms with E-state index in [1.54, 1.807) is 0 Å². The molecule has 2 aromatic rings. The second kappa shape index (κ2) is 6.22. The number of alkyl halides is 3. The Balaban J connectivity index is 1.92. The van der Waals surface area contributed by atoms with Gasteiger partial charge in [-0.3, -0.25) is 4.98 Å². The van der Waals surface area contributed by atoms with Gasteiger partial charge in [0.2, 0.25) is 0 Å². The SMILES string of the molecule is O=C(O)O[C@H]1CCCc2nn(Cc3cc(C(F)(F)F)ccn3)c(=O)n21. The van der Waals surface area contributed by atoms with Gasteiger partial charge in [-0.1, -0.05) is 0 Å². The highest BCUT2D eigenvalue weighted by molar-refractivity contribution is 5.56. The first-order chi connectivity index (χ1) is 11.8. The number of hydrogen-bond acceptors (Lipinski definition) is 5. The minimum atomic E-state index is -4.52. The zero-order valence-electron chi connectivity index (χ0n) is 12.7. The first kappa shape index (κ1) is 17.0. The Bertz CT molecular complexity index is 858. The van der Waals surface area contributed by atoms with Crippen molar-refractivity contribution in [1.82, 2.24) is 19.3 Å².